The van der Waals surface area contributed by atoms with E-state index in [1.165, 1.54) is 0 Å². The van der Waals surface area contributed by atoms with E-state index >= 15 is 0 Å². The van der Waals surface area contributed by atoms with Crippen molar-refractivity contribution >= 4 is 40.7 Å². The minimum Gasteiger partial charge on any atom is -0.383 e. The Balaban J connectivity index is 1.96. The van der Waals surface area contributed by atoms with E-state index in [-0.39, 0.29) is 5.91 Å². The van der Waals surface area contributed by atoms with Crippen LogP contribution >= 0.6 is 23.4 Å². The number of hydrogen-bond donors (Lipinski definition) is 1. The predicted molar refractivity (Wildman–Crippen MR) is 103 cm³/mol. The van der Waals surface area contributed by atoms with Gasteiger partial charge in [-0.05, 0) is 42.8 Å². The number of nitrogens with one attached hydrogen (secondary N) is 1. The van der Waals surface area contributed by atoms with Gasteiger partial charge in [0.25, 0.3) is 5.91 Å². The first kappa shape index (κ1) is 18.0. The summed E-state index contributed by atoms with van der Waals surface area (Å²) in [7, 11) is 1.61. The Kier molecular flexibility index (Phi) is 5.78. The number of hydrogen-bond acceptors (Lipinski definition) is 4. The Hall–Kier alpha value is -1.82. The highest BCUT2D eigenvalue weighted by atomic mass is 35.5. The third-order valence-electron chi connectivity index (χ3n) is 3.88. The molecule has 2 aromatic carbocycles. The molecule has 1 aliphatic rings. The summed E-state index contributed by atoms with van der Waals surface area (Å²) in [5, 5.41) is 3.53. The van der Waals surface area contributed by atoms with E-state index in [1.807, 2.05) is 36.4 Å². The predicted octanol–water partition coefficient (Wildman–Crippen LogP) is 4.71. The molecule has 0 radical (unpaired) electrons. The van der Waals surface area contributed by atoms with Crippen LogP contribution in [0.3, 0.4) is 0 Å². The van der Waals surface area contributed by atoms with Gasteiger partial charge in [0, 0.05) is 45.3 Å². The van der Waals surface area contributed by atoms with Crippen LogP contribution in [-0.4, -0.2) is 31.9 Å². The fraction of sp³-hybridized carbons (Fsp3) is 0.263. The summed E-state index contributed by atoms with van der Waals surface area (Å²) in [4.78, 5) is 19.2. The zero-order valence-electron chi connectivity index (χ0n) is 14.1. The quantitative estimate of drug-likeness (QED) is 0.771. The summed E-state index contributed by atoms with van der Waals surface area (Å²) in [5.74, 6) is -0.122. The van der Waals surface area contributed by atoms with Gasteiger partial charge >= 0.3 is 0 Å². The summed E-state index contributed by atoms with van der Waals surface area (Å²) in [6.45, 7) is 3.04. The monoisotopic (exact) mass is 374 g/mol. The zero-order valence-corrected chi connectivity index (χ0v) is 15.7. The molecule has 0 fully saturated rings. The van der Waals surface area contributed by atoms with Crippen molar-refractivity contribution in [2.45, 2.75) is 23.1 Å². The molecule has 25 heavy (non-hydrogen) atoms. The molecule has 1 aliphatic heterocycles. The molecule has 3 rings (SSSR count). The molecule has 0 saturated carbocycles. The molecule has 0 saturated heterocycles. The first-order chi connectivity index (χ1) is 12.1. The molecule has 6 heteroatoms. The number of carbonyl (C=O) groups excluding carboxylic acids is 1. The highest BCUT2D eigenvalue weighted by Crippen LogP contribution is 2.41. The number of carbonyl (C=O) groups is 1. The minimum atomic E-state index is -0.122. The highest BCUT2D eigenvalue weighted by Gasteiger charge is 2.18. The fourth-order valence-corrected chi connectivity index (χ4v) is 3.79. The van der Waals surface area contributed by atoms with E-state index in [1.54, 1.807) is 18.9 Å². The Morgan fingerprint density at radius 2 is 2.04 bits per heavy atom. The molecule has 1 amide bonds. The van der Waals surface area contributed by atoms with Crippen molar-refractivity contribution in [2.75, 3.05) is 20.3 Å². The topological polar surface area (TPSA) is 50.7 Å². The second-order valence-electron chi connectivity index (χ2n) is 5.59. The van der Waals surface area contributed by atoms with Crippen molar-refractivity contribution in [3.05, 3.63) is 52.5 Å². The van der Waals surface area contributed by atoms with E-state index in [2.05, 4.69) is 12.2 Å². The van der Waals surface area contributed by atoms with Crippen LogP contribution in [0.5, 0.6) is 0 Å². The molecule has 130 valence electrons. The second-order valence-corrected chi connectivity index (χ2v) is 7.11. The van der Waals surface area contributed by atoms with Crippen LogP contribution in [0.15, 0.2) is 51.2 Å². The standard InChI is InChI=1S/C19H19ClN2O2S/c1-3-15-14-11-13(20)5-7-17(14)25-18-6-4-12(10-16(18)22-15)19(23)21-8-9-24-2/h4-7,10-11H,3,8-9H2,1-2H3,(H,21,23). The summed E-state index contributed by atoms with van der Waals surface area (Å²) < 4.78 is 4.96. The third-order valence-corrected chi connectivity index (χ3v) is 5.25. The van der Waals surface area contributed by atoms with Crippen LogP contribution < -0.4 is 5.32 Å². The van der Waals surface area contributed by atoms with Gasteiger partial charge in [-0.1, -0.05) is 30.3 Å². The SMILES string of the molecule is CCC1=Nc2cc(C(=O)NCCOC)ccc2Sc2ccc(Cl)cc21. The number of fused-ring (bicyclic) bond motifs is 2. The van der Waals surface area contributed by atoms with Crippen LogP contribution in [0.4, 0.5) is 5.69 Å². The van der Waals surface area contributed by atoms with Crippen molar-refractivity contribution < 1.29 is 9.53 Å². The van der Waals surface area contributed by atoms with E-state index < -0.39 is 0 Å². The maximum Gasteiger partial charge on any atom is 0.251 e. The van der Waals surface area contributed by atoms with Crippen molar-refractivity contribution in [3.8, 4) is 0 Å². The van der Waals surface area contributed by atoms with Gasteiger partial charge in [0.1, 0.15) is 0 Å². The van der Waals surface area contributed by atoms with E-state index in [4.69, 9.17) is 21.3 Å². The van der Waals surface area contributed by atoms with Crippen molar-refractivity contribution in [3.63, 3.8) is 0 Å². The number of ether oxygens (including phenoxy) is 1. The van der Waals surface area contributed by atoms with Crippen LogP contribution in [0.2, 0.25) is 5.02 Å². The Morgan fingerprint density at radius 3 is 2.80 bits per heavy atom. The van der Waals surface area contributed by atoms with E-state index in [0.717, 1.165) is 33.2 Å². The second kappa shape index (κ2) is 8.04. The van der Waals surface area contributed by atoms with Gasteiger partial charge < -0.3 is 10.1 Å². The van der Waals surface area contributed by atoms with Gasteiger partial charge in [-0.3, -0.25) is 9.79 Å². The smallest absolute Gasteiger partial charge is 0.251 e. The number of amides is 1. The number of benzene rings is 2. The molecule has 0 atom stereocenters. The Bertz CT molecular complexity index is 836. The number of aliphatic imine (C=N–C) groups is 1. The summed E-state index contributed by atoms with van der Waals surface area (Å²) in [6, 6.07) is 11.5. The number of halogens is 1. The van der Waals surface area contributed by atoms with Gasteiger partial charge in [0.15, 0.2) is 0 Å². The molecular weight excluding hydrogens is 356 g/mol. The maximum absolute atomic E-state index is 12.3. The molecule has 4 nitrogen and oxygen atoms in total. The van der Waals surface area contributed by atoms with E-state index in [0.29, 0.717) is 23.7 Å². The van der Waals surface area contributed by atoms with Crippen molar-refractivity contribution in [2.24, 2.45) is 4.99 Å². The van der Waals surface area contributed by atoms with Crippen LogP contribution in [-0.2, 0) is 4.74 Å². The average molecular weight is 375 g/mol. The molecule has 2 aromatic rings. The normalized spacial score (nSPS) is 12.7. The molecule has 0 aromatic heterocycles. The van der Waals surface area contributed by atoms with Gasteiger partial charge in [0.05, 0.1) is 12.3 Å². The van der Waals surface area contributed by atoms with Crippen molar-refractivity contribution in [1.29, 1.82) is 0 Å². The lowest BCUT2D eigenvalue weighted by Crippen LogP contribution is -2.26. The fourth-order valence-electron chi connectivity index (χ4n) is 2.61. The first-order valence-electron chi connectivity index (χ1n) is 8.09. The summed E-state index contributed by atoms with van der Waals surface area (Å²) in [6.07, 6.45) is 0.789. The first-order valence-corrected chi connectivity index (χ1v) is 9.28. The molecule has 0 aliphatic carbocycles. The lowest BCUT2D eigenvalue weighted by Gasteiger charge is -2.08. The van der Waals surface area contributed by atoms with Gasteiger partial charge in [-0.25, -0.2) is 0 Å². The molecule has 0 bridgehead atoms. The number of rotatable bonds is 5. The summed E-state index contributed by atoms with van der Waals surface area (Å²) >= 11 is 7.81. The van der Waals surface area contributed by atoms with Crippen LogP contribution in [0.1, 0.15) is 29.3 Å². The minimum absolute atomic E-state index is 0.122. The number of methoxy groups -OCH3 is 1. The van der Waals surface area contributed by atoms with Gasteiger partial charge in [-0.15, -0.1) is 0 Å². The number of nitrogens with zero attached hydrogens (tertiary/aromatic N) is 1. The summed E-state index contributed by atoms with van der Waals surface area (Å²) in [5.41, 5.74) is 3.44. The van der Waals surface area contributed by atoms with Gasteiger partial charge in [-0.2, -0.15) is 0 Å². The zero-order chi connectivity index (χ0) is 17.8. The molecule has 1 N–H and O–H groups in total. The van der Waals surface area contributed by atoms with Crippen molar-refractivity contribution in [1.82, 2.24) is 5.32 Å². The van der Waals surface area contributed by atoms with Gasteiger partial charge in [0.2, 0.25) is 0 Å². The molecular formula is C19H19ClN2O2S. The molecule has 1 heterocycles. The van der Waals surface area contributed by atoms with E-state index in [9.17, 15) is 4.79 Å². The lowest BCUT2D eigenvalue weighted by atomic mass is 10.1. The lowest BCUT2D eigenvalue weighted by molar-refractivity contribution is 0.0937. The maximum atomic E-state index is 12.3. The average Bonchev–Trinajstić information content (AvgIpc) is 2.77. The largest absolute Gasteiger partial charge is 0.383 e. The Labute approximate surface area is 156 Å². The van der Waals surface area contributed by atoms with Crippen LogP contribution in [0, 0.1) is 0 Å². The molecule has 0 spiro atoms. The molecule has 0 unspecified atom stereocenters. The van der Waals surface area contributed by atoms with Crippen LogP contribution in [0.25, 0.3) is 0 Å². The Morgan fingerprint density at radius 1 is 1.24 bits per heavy atom. The third kappa shape index (κ3) is 4.06. The highest BCUT2D eigenvalue weighted by molar-refractivity contribution is 7.99.